The molecule has 0 amide bonds. The summed E-state index contributed by atoms with van der Waals surface area (Å²) in [5, 5.41) is 3.00. The monoisotopic (exact) mass is 419 g/mol. The van der Waals surface area contributed by atoms with Gasteiger partial charge in [0.15, 0.2) is 0 Å². The highest BCUT2D eigenvalue weighted by Crippen LogP contribution is 2.38. The summed E-state index contributed by atoms with van der Waals surface area (Å²) in [6.07, 6.45) is 0. The van der Waals surface area contributed by atoms with Crippen molar-refractivity contribution < 1.29 is 14.3 Å². The van der Waals surface area contributed by atoms with E-state index in [9.17, 15) is 4.79 Å². The molecule has 0 atom stereocenters. The minimum absolute atomic E-state index is 0.285. The third-order valence-electron chi connectivity index (χ3n) is 5.31. The highest BCUT2D eigenvalue weighted by atomic mass is 32.2. The quantitative estimate of drug-likeness (QED) is 0.269. The molecule has 0 aliphatic rings. The number of carbonyl (C=O) groups excluding carboxylic acids is 1. The molecule has 0 saturated carbocycles. The number of thioether (sulfide) groups is 1. The van der Waals surface area contributed by atoms with Crippen LogP contribution in [-0.2, 0) is 11.3 Å². The number of methoxy groups -OCH3 is 1. The molecule has 1 aromatic heterocycles. The van der Waals surface area contributed by atoms with Crippen LogP contribution in [-0.4, -0.2) is 30.0 Å². The Morgan fingerprint density at radius 2 is 1.70 bits per heavy atom. The van der Waals surface area contributed by atoms with Crippen LogP contribution in [0.2, 0.25) is 0 Å². The van der Waals surface area contributed by atoms with Crippen molar-refractivity contribution in [2.75, 3.05) is 19.5 Å². The molecule has 0 radical (unpaired) electrons. The van der Waals surface area contributed by atoms with Crippen LogP contribution in [0.15, 0.2) is 65.6 Å². The van der Waals surface area contributed by atoms with Crippen LogP contribution in [0.1, 0.15) is 23.0 Å². The van der Waals surface area contributed by atoms with Crippen LogP contribution in [0.3, 0.4) is 0 Å². The molecule has 154 valence electrons. The van der Waals surface area contributed by atoms with Crippen molar-refractivity contribution in [3.63, 3.8) is 0 Å². The molecule has 4 aromatic rings. The second kappa shape index (κ2) is 8.84. The van der Waals surface area contributed by atoms with Gasteiger partial charge in [-0.05, 0) is 32.0 Å². The van der Waals surface area contributed by atoms with Crippen LogP contribution in [0.4, 0.5) is 0 Å². The number of aromatic nitrogens is 1. The first kappa shape index (κ1) is 20.4. The van der Waals surface area contributed by atoms with E-state index in [1.54, 1.807) is 7.11 Å². The number of ether oxygens (including phenoxy) is 2. The van der Waals surface area contributed by atoms with Gasteiger partial charge in [-0.15, -0.1) is 11.8 Å². The van der Waals surface area contributed by atoms with Crippen molar-refractivity contribution >= 4 is 39.4 Å². The Kier molecular flexibility index (Phi) is 6.00. The third kappa shape index (κ3) is 3.65. The number of nitrogens with zero attached hydrogens (tertiary/aromatic N) is 1. The zero-order valence-electron chi connectivity index (χ0n) is 17.5. The first-order chi connectivity index (χ1) is 14.7. The lowest BCUT2D eigenvalue weighted by Crippen LogP contribution is -2.08. The molecule has 0 unspecified atom stereocenters. The summed E-state index contributed by atoms with van der Waals surface area (Å²) in [5.74, 6) is 1.38. The lowest BCUT2D eigenvalue weighted by atomic mass is 10.0. The normalized spacial score (nSPS) is 11.2. The smallest absolute Gasteiger partial charge is 0.340 e. The number of rotatable bonds is 7. The van der Waals surface area contributed by atoms with Gasteiger partial charge in [-0.3, -0.25) is 0 Å². The summed E-state index contributed by atoms with van der Waals surface area (Å²) in [4.78, 5) is 14.1. The van der Waals surface area contributed by atoms with E-state index < -0.39 is 0 Å². The zero-order valence-corrected chi connectivity index (χ0v) is 18.3. The van der Waals surface area contributed by atoms with Crippen molar-refractivity contribution in [2.24, 2.45) is 0 Å². The van der Waals surface area contributed by atoms with E-state index in [1.165, 1.54) is 4.90 Å². The van der Waals surface area contributed by atoms with Crippen LogP contribution in [0.5, 0.6) is 5.75 Å². The van der Waals surface area contributed by atoms with E-state index in [1.807, 2.05) is 49.9 Å². The van der Waals surface area contributed by atoms with Gasteiger partial charge in [0.1, 0.15) is 5.75 Å². The Morgan fingerprint density at radius 1 is 1.00 bits per heavy atom. The summed E-state index contributed by atoms with van der Waals surface area (Å²) >= 11 is 1.81. The average Bonchev–Trinajstić information content (AvgIpc) is 3.05. The molecule has 4 rings (SSSR count). The van der Waals surface area contributed by atoms with Gasteiger partial charge in [0.25, 0.3) is 0 Å². The fourth-order valence-corrected chi connectivity index (χ4v) is 4.85. The van der Waals surface area contributed by atoms with Crippen LogP contribution >= 0.6 is 11.8 Å². The maximum atomic E-state index is 12.8. The van der Waals surface area contributed by atoms with Gasteiger partial charge in [0.05, 0.1) is 24.8 Å². The predicted octanol–water partition coefficient (Wildman–Crippen LogP) is 6.08. The Morgan fingerprint density at radius 3 is 2.40 bits per heavy atom. The Balaban J connectivity index is 1.86. The Hall–Kier alpha value is -2.92. The molecular weight excluding hydrogens is 394 g/mol. The van der Waals surface area contributed by atoms with Gasteiger partial charge in [-0.1, -0.05) is 42.5 Å². The van der Waals surface area contributed by atoms with E-state index in [0.29, 0.717) is 12.2 Å². The number of fused-ring (bicyclic) bond motifs is 3. The lowest BCUT2D eigenvalue weighted by Gasteiger charge is -2.12. The highest BCUT2D eigenvalue weighted by Gasteiger charge is 2.24. The standard InChI is InChI=1S/C25H25NO3S/c1-4-29-25(27)23-17(2)26(14-15-30-18-10-6-5-7-11-18)24-20-13-9-8-12-19(20)22(28-3)16-21(23)24/h5-13,16H,4,14-15H2,1-3H3. The number of aryl methyl sites for hydroxylation is 1. The topological polar surface area (TPSA) is 40.5 Å². The molecule has 30 heavy (non-hydrogen) atoms. The number of esters is 1. The van der Waals surface area contributed by atoms with Crippen LogP contribution in [0, 0.1) is 6.92 Å². The van der Waals surface area contributed by atoms with E-state index in [4.69, 9.17) is 9.47 Å². The van der Waals surface area contributed by atoms with Crippen molar-refractivity contribution in [3.05, 3.63) is 71.9 Å². The first-order valence-corrected chi connectivity index (χ1v) is 11.1. The number of carbonyl (C=O) groups is 1. The van der Waals surface area contributed by atoms with E-state index in [-0.39, 0.29) is 5.97 Å². The van der Waals surface area contributed by atoms with Gasteiger partial charge in [-0.25, -0.2) is 4.79 Å². The average molecular weight is 420 g/mol. The van der Waals surface area contributed by atoms with Gasteiger partial charge in [-0.2, -0.15) is 0 Å². The van der Waals surface area contributed by atoms with Gasteiger partial charge in [0, 0.05) is 39.0 Å². The molecule has 0 spiro atoms. The molecule has 4 nitrogen and oxygen atoms in total. The first-order valence-electron chi connectivity index (χ1n) is 10.1. The van der Waals surface area contributed by atoms with E-state index in [0.717, 1.165) is 45.4 Å². The summed E-state index contributed by atoms with van der Waals surface area (Å²) in [6, 6.07) is 20.5. The second-order valence-electron chi connectivity index (χ2n) is 7.01. The molecule has 0 saturated heterocycles. The van der Waals surface area contributed by atoms with Crippen molar-refractivity contribution in [1.82, 2.24) is 4.57 Å². The molecule has 3 aromatic carbocycles. The highest BCUT2D eigenvalue weighted by molar-refractivity contribution is 7.99. The van der Waals surface area contributed by atoms with Gasteiger partial charge < -0.3 is 14.0 Å². The maximum absolute atomic E-state index is 12.8. The number of hydrogen-bond donors (Lipinski definition) is 0. The van der Waals surface area contributed by atoms with Gasteiger partial charge in [0.2, 0.25) is 0 Å². The fourth-order valence-electron chi connectivity index (χ4n) is 3.99. The molecule has 5 heteroatoms. The molecule has 0 aliphatic heterocycles. The minimum atomic E-state index is -0.285. The molecule has 0 N–H and O–H groups in total. The maximum Gasteiger partial charge on any atom is 0.340 e. The summed E-state index contributed by atoms with van der Waals surface area (Å²) in [5.41, 5.74) is 2.61. The Bertz CT molecular complexity index is 1200. The number of hydrogen-bond acceptors (Lipinski definition) is 4. The van der Waals surface area contributed by atoms with E-state index in [2.05, 4.69) is 41.0 Å². The molecule has 0 fully saturated rings. The molecule has 1 heterocycles. The third-order valence-corrected chi connectivity index (χ3v) is 6.30. The van der Waals surface area contributed by atoms with Gasteiger partial charge >= 0.3 is 5.97 Å². The Labute approximate surface area is 180 Å². The molecule has 0 aliphatic carbocycles. The predicted molar refractivity (Wildman–Crippen MR) is 124 cm³/mol. The summed E-state index contributed by atoms with van der Waals surface area (Å²) in [7, 11) is 1.66. The summed E-state index contributed by atoms with van der Waals surface area (Å²) < 4.78 is 13.3. The second-order valence-corrected chi connectivity index (χ2v) is 8.18. The SMILES string of the molecule is CCOC(=O)c1c(C)n(CCSc2ccccc2)c2c1cc(OC)c1ccccc12. The zero-order chi connectivity index (χ0) is 21.1. The fraction of sp³-hybridized carbons (Fsp3) is 0.240. The largest absolute Gasteiger partial charge is 0.496 e. The number of benzene rings is 3. The lowest BCUT2D eigenvalue weighted by molar-refractivity contribution is 0.0527. The molecule has 0 bridgehead atoms. The van der Waals surface area contributed by atoms with Crippen molar-refractivity contribution in [2.45, 2.75) is 25.3 Å². The minimum Gasteiger partial charge on any atom is -0.496 e. The van der Waals surface area contributed by atoms with Crippen molar-refractivity contribution in [1.29, 1.82) is 0 Å². The molecular formula is C25H25NO3S. The summed E-state index contributed by atoms with van der Waals surface area (Å²) in [6.45, 7) is 4.97. The van der Waals surface area contributed by atoms with E-state index >= 15 is 0 Å². The van der Waals surface area contributed by atoms with Crippen molar-refractivity contribution in [3.8, 4) is 5.75 Å². The van der Waals surface area contributed by atoms with Crippen LogP contribution in [0.25, 0.3) is 21.7 Å². The van der Waals surface area contributed by atoms with Crippen LogP contribution < -0.4 is 4.74 Å².